The first kappa shape index (κ1) is 8.96. The molecule has 0 amide bonds. The molecule has 14 heavy (non-hydrogen) atoms. The smallest absolute Gasteiger partial charge is 0.126 e. The third-order valence-electron chi connectivity index (χ3n) is 2.05. The number of aliphatic hydroxyl groups excluding tert-OH is 1. The molecule has 0 aliphatic rings. The van der Waals surface area contributed by atoms with Gasteiger partial charge in [-0.05, 0) is 6.07 Å². The van der Waals surface area contributed by atoms with Gasteiger partial charge in [-0.1, -0.05) is 0 Å². The number of rotatable bonds is 2. The van der Waals surface area contributed by atoms with Crippen LogP contribution in [-0.4, -0.2) is 24.7 Å². The van der Waals surface area contributed by atoms with Crippen molar-refractivity contribution < 1.29 is 5.11 Å². The van der Waals surface area contributed by atoms with Gasteiger partial charge in [-0.25, -0.2) is 0 Å². The lowest BCUT2D eigenvalue weighted by Gasteiger charge is -2.03. The second-order valence-electron chi connectivity index (χ2n) is 3.26. The molecule has 0 saturated heterocycles. The highest BCUT2D eigenvalue weighted by molar-refractivity contribution is 5.19. The second-order valence-corrected chi connectivity index (χ2v) is 3.26. The Morgan fingerprint density at radius 2 is 2.14 bits per heavy atom. The van der Waals surface area contributed by atoms with Gasteiger partial charge >= 0.3 is 0 Å². The van der Waals surface area contributed by atoms with Crippen LogP contribution in [0.4, 0.5) is 0 Å². The summed E-state index contributed by atoms with van der Waals surface area (Å²) in [7, 11) is 3.63. The van der Waals surface area contributed by atoms with E-state index in [-0.39, 0.29) is 0 Å². The molecule has 0 radical (unpaired) electrons. The Bertz CT molecular complexity index is 391. The number of hydrogen-bond acceptors (Lipinski definition) is 3. The summed E-state index contributed by atoms with van der Waals surface area (Å²) in [6.07, 6.45) is 4.53. The minimum atomic E-state index is -0.690. The maximum Gasteiger partial charge on any atom is 0.126 e. The summed E-state index contributed by atoms with van der Waals surface area (Å²) >= 11 is 0. The summed E-state index contributed by atoms with van der Waals surface area (Å²) < 4.78 is 3.32. The van der Waals surface area contributed by atoms with E-state index < -0.39 is 6.10 Å². The molecule has 74 valence electrons. The van der Waals surface area contributed by atoms with Crippen LogP contribution in [0.25, 0.3) is 0 Å². The fourth-order valence-electron chi connectivity index (χ4n) is 1.33. The molecule has 0 aliphatic heterocycles. The zero-order valence-electron chi connectivity index (χ0n) is 8.12. The quantitative estimate of drug-likeness (QED) is 0.741. The van der Waals surface area contributed by atoms with E-state index in [0.29, 0.717) is 5.69 Å². The number of aryl methyl sites for hydroxylation is 2. The lowest BCUT2D eigenvalue weighted by atomic mass is 10.1. The SMILES string of the molecule is Cn1cc(C(O)c2ccn(C)n2)cn1. The number of aromatic nitrogens is 4. The molecule has 0 saturated carbocycles. The van der Waals surface area contributed by atoms with E-state index in [4.69, 9.17) is 0 Å². The van der Waals surface area contributed by atoms with Crippen molar-refractivity contribution in [3.8, 4) is 0 Å². The van der Waals surface area contributed by atoms with E-state index in [1.807, 2.05) is 14.1 Å². The van der Waals surface area contributed by atoms with Crippen molar-refractivity contribution in [3.63, 3.8) is 0 Å². The van der Waals surface area contributed by atoms with Crippen LogP contribution in [0.2, 0.25) is 0 Å². The highest BCUT2D eigenvalue weighted by atomic mass is 16.3. The molecule has 1 atom stereocenters. The summed E-state index contributed by atoms with van der Waals surface area (Å²) in [5.41, 5.74) is 1.40. The van der Waals surface area contributed by atoms with Gasteiger partial charge in [-0.2, -0.15) is 10.2 Å². The van der Waals surface area contributed by atoms with Gasteiger partial charge in [-0.3, -0.25) is 9.36 Å². The van der Waals surface area contributed by atoms with Crippen molar-refractivity contribution in [2.75, 3.05) is 0 Å². The maximum absolute atomic E-state index is 9.89. The molecular weight excluding hydrogens is 180 g/mol. The van der Waals surface area contributed by atoms with Gasteiger partial charge in [0.1, 0.15) is 6.10 Å². The van der Waals surface area contributed by atoms with Gasteiger partial charge in [-0.15, -0.1) is 0 Å². The Morgan fingerprint density at radius 3 is 2.64 bits per heavy atom. The first-order valence-corrected chi connectivity index (χ1v) is 4.33. The lowest BCUT2D eigenvalue weighted by Crippen LogP contribution is -2.00. The van der Waals surface area contributed by atoms with E-state index in [9.17, 15) is 5.11 Å². The van der Waals surface area contributed by atoms with Gasteiger partial charge in [0.15, 0.2) is 0 Å². The fraction of sp³-hybridized carbons (Fsp3) is 0.333. The minimum Gasteiger partial charge on any atom is -0.382 e. The number of nitrogens with zero attached hydrogens (tertiary/aromatic N) is 4. The standard InChI is InChI=1S/C9H12N4O/c1-12-4-3-8(11-12)9(14)7-5-10-13(2)6-7/h3-6,9,14H,1-2H3. The van der Waals surface area contributed by atoms with E-state index in [1.54, 1.807) is 34.0 Å². The molecular formula is C9H12N4O. The monoisotopic (exact) mass is 192 g/mol. The van der Waals surface area contributed by atoms with Gasteiger partial charge < -0.3 is 5.11 Å². The molecule has 1 N–H and O–H groups in total. The van der Waals surface area contributed by atoms with E-state index in [0.717, 1.165) is 5.56 Å². The molecule has 2 aromatic heterocycles. The number of hydrogen-bond donors (Lipinski definition) is 1. The van der Waals surface area contributed by atoms with Crippen LogP contribution >= 0.6 is 0 Å². The van der Waals surface area contributed by atoms with E-state index in [2.05, 4.69) is 10.2 Å². The third kappa shape index (κ3) is 1.54. The first-order chi connectivity index (χ1) is 6.66. The van der Waals surface area contributed by atoms with Gasteiger partial charge in [0, 0.05) is 32.1 Å². The molecule has 0 spiro atoms. The van der Waals surface area contributed by atoms with Crippen molar-refractivity contribution in [2.24, 2.45) is 14.1 Å². The Hall–Kier alpha value is -1.62. The Morgan fingerprint density at radius 1 is 1.36 bits per heavy atom. The molecule has 1 unspecified atom stereocenters. The molecule has 2 heterocycles. The maximum atomic E-state index is 9.89. The molecule has 5 nitrogen and oxygen atoms in total. The first-order valence-electron chi connectivity index (χ1n) is 4.33. The predicted molar refractivity (Wildman–Crippen MR) is 50.5 cm³/mol. The molecule has 2 aromatic rings. The van der Waals surface area contributed by atoms with Crippen molar-refractivity contribution in [3.05, 3.63) is 35.9 Å². The molecule has 0 bridgehead atoms. The van der Waals surface area contributed by atoms with Crippen LogP contribution in [0.1, 0.15) is 17.4 Å². The van der Waals surface area contributed by atoms with Crippen LogP contribution in [0, 0.1) is 0 Å². The second kappa shape index (κ2) is 3.26. The van der Waals surface area contributed by atoms with Crippen LogP contribution in [0.5, 0.6) is 0 Å². The molecule has 0 fully saturated rings. The highest BCUT2D eigenvalue weighted by Crippen LogP contribution is 2.18. The van der Waals surface area contributed by atoms with Crippen LogP contribution in [0.3, 0.4) is 0 Å². The average molecular weight is 192 g/mol. The normalized spacial score (nSPS) is 13.1. The molecule has 0 aliphatic carbocycles. The highest BCUT2D eigenvalue weighted by Gasteiger charge is 2.14. The minimum absolute atomic E-state index is 0.639. The molecule has 2 rings (SSSR count). The topological polar surface area (TPSA) is 55.9 Å². The van der Waals surface area contributed by atoms with Crippen molar-refractivity contribution in [2.45, 2.75) is 6.10 Å². The zero-order valence-corrected chi connectivity index (χ0v) is 8.12. The van der Waals surface area contributed by atoms with Crippen molar-refractivity contribution in [1.82, 2.24) is 19.6 Å². The Kier molecular flexibility index (Phi) is 2.09. The third-order valence-corrected chi connectivity index (χ3v) is 2.05. The average Bonchev–Trinajstić information content (AvgIpc) is 2.73. The van der Waals surface area contributed by atoms with E-state index in [1.165, 1.54) is 0 Å². The summed E-state index contributed by atoms with van der Waals surface area (Å²) in [6, 6.07) is 1.79. The van der Waals surface area contributed by atoms with Crippen LogP contribution < -0.4 is 0 Å². The van der Waals surface area contributed by atoms with Crippen LogP contribution in [0.15, 0.2) is 24.7 Å². The summed E-state index contributed by atoms with van der Waals surface area (Å²) in [6.45, 7) is 0. The fourth-order valence-corrected chi connectivity index (χ4v) is 1.33. The van der Waals surface area contributed by atoms with Crippen molar-refractivity contribution in [1.29, 1.82) is 0 Å². The summed E-state index contributed by atoms with van der Waals surface area (Å²) in [5.74, 6) is 0. The molecule has 0 aromatic carbocycles. The molecule has 5 heteroatoms. The van der Waals surface area contributed by atoms with Crippen LogP contribution in [-0.2, 0) is 14.1 Å². The summed E-state index contributed by atoms with van der Waals surface area (Å²) in [5, 5.41) is 18.0. The lowest BCUT2D eigenvalue weighted by molar-refractivity contribution is 0.214. The Balaban J connectivity index is 2.28. The van der Waals surface area contributed by atoms with Crippen molar-refractivity contribution >= 4 is 0 Å². The van der Waals surface area contributed by atoms with Gasteiger partial charge in [0.05, 0.1) is 11.9 Å². The van der Waals surface area contributed by atoms with Gasteiger partial charge in [0.2, 0.25) is 0 Å². The zero-order chi connectivity index (χ0) is 10.1. The number of aliphatic hydroxyl groups is 1. The van der Waals surface area contributed by atoms with E-state index >= 15 is 0 Å². The summed E-state index contributed by atoms with van der Waals surface area (Å²) in [4.78, 5) is 0. The Labute approximate surface area is 81.6 Å². The predicted octanol–water partition coefficient (Wildman–Crippen LogP) is 0.235. The van der Waals surface area contributed by atoms with Gasteiger partial charge in [0.25, 0.3) is 0 Å². The largest absolute Gasteiger partial charge is 0.382 e.